The number of piperazine rings is 1. The minimum absolute atomic E-state index is 0.864. The van der Waals surface area contributed by atoms with Crippen LogP contribution in [-0.2, 0) is 0 Å². The highest BCUT2D eigenvalue weighted by Gasteiger charge is 2.39. The Hall–Kier alpha value is -0.0800. The van der Waals surface area contributed by atoms with Crippen LogP contribution in [-0.4, -0.2) is 48.1 Å². The quantitative estimate of drug-likeness (QED) is 0.172. The highest BCUT2D eigenvalue weighted by atomic mass is 15.3. The van der Waals surface area contributed by atoms with Crippen molar-refractivity contribution in [2.24, 2.45) is 11.8 Å². The van der Waals surface area contributed by atoms with Gasteiger partial charge in [-0.1, -0.05) is 111 Å². The van der Waals surface area contributed by atoms with Crippen molar-refractivity contribution in [2.75, 3.05) is 26.2 Å². The molecule has 190 valence electrons. The van der Waals surface area contributed by atoms with E-state index in [1.165, 1.54) is 142 Å². The van der Waals surface area contributed by atoms with E-state index in [4.69, 9.17) is 0 Å². The Kier molecular flexibility index (Phi) is 15.3. The molecule has 0 aliphatic carbocycles. The molecule has 0 amide bonds. The molecule has 0 radical (unpaired) electrons. The maximum absolute atomic E-state index is 2.97. The van der Waals surface area contributed by atoms with Crippen LogP contribution in [0.1, 0.15) is 143 Å². The first-order valence-corrected chi connectivity index (χ1v) is 15.2. The van der Waals surface area contributed by atoms with E-state index in [2.05, 4.69) is 37.5 Å². The van der Waals surface area contributed by atoms with Crippen molar-refractivity contribution in [3.8, 4) is 0 Å². The van der Waals surface area contributed by atoms with Gasteiger partial charge in [0.2, 0.25) is 0 Å². The molecule has 2 rings (SSSR count). The molecule has 32 heavy (non-hydrogen) atoms. The number of nitrogens with zero attached hydrogens (tertiary/aromatic N) is 2. The van der Waals surface area contributed by atoms with Crippen LogP contribution in [0.2, 0.25) is 0 Å². The normalized spacial score (nSPS) is 22.8. The second kappa shape index (κ2) is 17.4. The molecule has 2 heteroatoms. The van der Waals surface area contributed by atoms with Gasteiger partial charge < -0.3 is 0 Å². The second-order valence-corrected chi connectivity index (χ2v) is 11.5. The molecule has 1 unspecified atom stereocenters. The van der Waals surface area contributed by atoms with Crippen LogP contribution >= 0.6 is 0 Å². The molecule has 2 saturated heterocycles. The third kappa shape index (κ3) is 10.5. The second-order valence-electron chi connectivity index (χ2n) is 11.5. The van der Waals surface area contributed by atoms with E-state index in [-0.39, 0.29) is 0 Å². The van der Waals surface area contributed by atoms with Crippen LogP contribution in [0.3, 0.4) is 0 Å². The van der Waals surface area contributed by atoms with E-state index in [9.17, 15) is 0 Å². The van der Waals surface area contributed by atoms with Crippen molar-refractivity contribution < 1.29 is 0 Å². The van der Waals surface area contributed by atoms with E-state index < -0.39 is 0 Å². The molecule has 0 saturated carbocycles. The van der Waals surface area contributed by atoms with E-state index in [0.29, 0.717) is 0 Å². The van der Waals surface area contributed by atoms with Crippen molar-refractivity contribution in [1.82, 2.24) is 9.80 Å². The number of unbranched alkanes of at least 4 members (excludes halogenated alkanes) is 7. The van der Waals surface area contributed by atoms with Crippen molar-refractivity contribution in [3.05, 3.63) is 0 Å². The predicted molar refractivity (Wildman–Crippen MR) is 144 cm³/mol. The Bertz CT molecular complexity index is 415. The molecule has 2 heterocycles. The van der Waals surface area contributed by atoms with Gasteiger partial charge in [0.25, 0.3) is 0 Å². The molecule has 0 N–H and O–H groups in total. The molecule has 2 nitrogen and oxygen atoms in total. The van der Waals surface area contributed by atoms with Gasteiger partial charge in [-0.3, -0.25) is 9.80 Å². The van der Waals surface area contributed by atoms with Gasteiger partial charge in [-0.25, -0.2) is 0 Å². The number of likely N-dealkylation sites (tertiary alicyclic amines) is 1. The van der Waals surface area contributed by atoms with Gasteiger partial charge in [0.05, 0.1) is 0 Å². The zero-order valence-corrected chi connectivity index (χ0v) is 22.8. The summed E-state index contributed by atoms with van der Waals surface area (Å²) in [4.78, 5) is 5.86. The maximum Gasteiger partial charge on any atom is 0.0227 e. The average Bonchev–Trinajstić information content (AvgIpc) is 3.04. The van der Waals surface area contributed by atoms with E-state index in [0.717, 1.165) is 23.9 Å². The summed E-state index contributed by atoms with van der Waals surface area (Å²) in [6.07, 6.45) is 25.9. The van der Waals surface area contributed by atoms with Crippen LogP contribution < -0.4 is 0 Å². The molecule has 0 aromatic carbocycles. The van der Waals surface area contributed by atoms with E-state index >= 15 is 0 Å². The summed E-state index contributed by atoms with van der Waals surface area (Å²) in [5.41, 5.74) is 0. The minimum atomic E-state index is 0.864. The number of hydrogen-bond acceptors (Lipinski definition) is 2. The average molecular weight is 449 g/mol. The van der Waals surface area contributed by atoms with Gasteiger partial charge in [0.1, 0.15) is 0 Å². The van der Waals surface area contributed by atoms with Crippen molar-refractivity contribution in [2.45, 2.75) is 155 Å². The monoisotopic (exact) mass is 448 g/mol. The van der Waals surface area contributed by atoms with Crippen LogP contribution in [0.5, 0.6) is 0 Å². The summed E-state index contributed by atoms with van der Waals surface area (Å²) in [5.74, 6) is 1.94. The molecule has 2 fully saturated rings. The molecule has 2 aliphatic heterocycles. The predicted octanol–water partition coefficient (Wildman–Crippen LogP) is 8.69. The molecule has 2 aliphatic rings. The lowest BCUT2D eigenvalue weighted by Gasteiger charge is -2.42. The third-order valence-electron chi connectivity index (χ3n) is 8.63. The first-order valence-electron chi connectivity index (χ1n) is 15.2. The lowest BCUT2D eigenvalue weighted by atomic mass is 9.91. The Morgan fingerprint density at radius 3 is 1.62 bits per heavy atom. The fourth-order valence-corrected chi connectivity index (χ4v) is 6.56. The summed E-state index contributed by atoms with van der Waals surface area (Å²) in [6, 6.07) is 1.73. The van der Waals surface area contributed by atoms with Crippen molar-refractivity contribution >= 4 is 0 Å². The summed E-state index contributed by atoms with van der Waals surface area (Å²) >= 11 is 0. The smallest absolute Gasteiger partial charge is 0.0227 e. The van der Waals surface area contributed by atoms with Crippen LogP contribution in [0.25, 0.3) is 0 Å². The summed E-state index contributed by atoms with van der Waals surface area (Å²) in [5, 5.41) is 0. The zero-order chi connectivity index (χ0) is 23.0. The van der Waals surface area contributed by atoms with Gasteiger partial charge in [-0.2, -0.15) is 0 Å². The fraction of sp³-hybridized carbons (Fsp3) is 1.00. The van der Waals surface area contributed by atoms with Gasteiger partial charge >= 0.3 is 0 Å². The lowest BCUT2D eigenvalue weighted by molar-refractivity contribution is 0.0505. The van der Waals surface area contributed by atoms with Gasteiger partial charge in [-0.05, 0) is 50.5 Å². The minimum Gasteiger partial charge on any atom is -0.300 e. The topological polar surface area (TPSA) is 6.48 Å². The van der Waals surface area contributed by atoms with Crippen molar-refractivity contribution in [3.63, 3.8) is 0 Å². The lowest BCUT2D eigenvalue weighted by Crippen LogP contribution is -2.54. The van der Waals surface area contributed by atoms with E-state index in [1.54, 1.807) is 0 Å². The van der Waals surface area contributed by atoms with Crippen molar-refractivity contribution in [1.29, 1.82) is 0 Å². The molecule has 0 aromatic heterocycles. The summed E-state index contributed by atoms with van der Waals surface area (Å²) in [7, 11) is 0. The molecule has 0 spiro atoms. The first kappa shape index (κ1) is 28.2. The summed E-state index contributed by atoms with van der Waals surface area (Å²) in [6.45, 7) is 14.9. The Labute approximate surface area is 203 Å². The fourth-order valence-electron chi connectivity index (χ4n) is 6.56. The number of hydrogen-bond donors (Lipinski definition) is 0. The van der Waals surface area contributed by atoms with E-state index in [1.807, 2.05) is 0 Å². The molecule has 3 atom stereocenters. The van der Waals surface area contributed by atoms with Gasteiger partial charge in [0, 0.05) is 31.7 Å². The zero-order valence-electron chi connectivity index (χ0n) is 22.8. The maximum atomic E-state index is 2.97. The third-order valence-corrected chi connectivity index (χ3v) is 8.63. The molecular weight excluding hydrogens is 388 g/mol. The van der Waals surface area contributed by atoms with Crippen LogP contribution in [0.15, 0.2) is 0 Å². The Balaban J connectivity index is 1.77. The SMILES string of the molecule is CCCCCCCC(CCCC)CCN1[C@@H]2CC[C@H]1CN(CC(CCCC)CCCC)C2. The standard InChI is InChI=1S/C30H60N2/c1-5-9-13-14-15-19-27(16-10-6-2)22-23-32-29-20-21-30(32)26-31(25-29)24-28(17-11-7-3)18-12-8-4/h27-30H,5-26H2,1-4H3/t27?,29-,30+. The molecule has 2 bridgehead atoms. The Morgan fingerprint density at radius 1 is 0.562 bits per heavy atom. The highest BCUT2D eigenvalue weighted by Crippen LogP contribution is 2.33. The number of fused-ring (bicyclic) bond motifs is 2. The molecule has 0 aromatic rings. The van der Waals surface area contributed by atoms with Gasteiger partial charge in [0.15, 0.2) is 0 Å². The van der Waals surface area contributed by atoms with Gasteiger partial charge in [-0.15, -0.1) is 0 Å². The van der Waals surface area contributed by atoms with Crippen LogP contribution in [0.4, 0.5) is 0 Å². The molecular formula is C30H60N2. The highest BCUT2D eigenvalue weighted by molar-refractivity contribution is 4.96. The van der Waals surface area contributed by atoms with Crippen LogP contribution in [0, 0.1) is 11.8 Å². The number of rotatable bonds is 20. The first-order chi connectivity index (χ1) is 15.7. The Morgan fingerprint density at radius 2 is 1.06 bits per heavy atom. The summed E-state index contributed by atoms with van der Waals surface area (Å²) < 4.78 is 0. The largest absolute Gasteiger partial charge is 0.300 e.